The molecule has 0 atom stereocenters. The number of benzene rings is 1. The van der Waals surface area contributed by atoms with E-state index in [-0.39, 0.29) is 23.1 Å². The van der Waals surface area contributed by atoms with Crippen LogP contribution in [0.25, 0.3) is 10.2 Å². The van der Waals surface area contributed by atoms with Crippen molar-refractivity contribution in [1.29, 1.82) is 0 Å². The number of anilines is 2. The Labute approximate surface area is 201 Å². The number of amides is 2. The largest absolute Gasteiger partial charge is 0.322 e. The minimum Gasteiger partial charge on any atom is -0.322 e. The number of aromatic nitrogens is 2. The molecule has 1 aliphatic rings. The number of para-hydroxylation sites is 2. The molecule has 1 aliphatic heterocycles. The van der Waals surface area contributed by atoms with Crippen molar-refractivity contribution in [3.8, 4) is 0 Å². The van der Waals surface area contributed by atoms with Crippen LogP contribution in [0.2, 0.25) is 0 Å². The summed E-state index contributed by atoms with van der Waals surface area (Å²) in [6.45, 7) is 10.1. The van der Waals surface area contributed by atoms with Crippen molar-refractivity contribution in [2.24, 2.45) is 0 Å². The highest BCUT2D eigenvalue weighted by molar-refractivity contribution is 7.99. The molecule has 2 amide bonds. The van der Waals surface area contributed by atoms with Gasteiger partial charge in [0.2, 0.25) is 11.8 Å². The molecule has 0 aliphatic carbocycles. The number of carbonyl (C=O) groups is 2. The van der Waals surface area contributed by atoms with Gasteiger partial charge in [0.05, 0.1) is 22.5 Å². The Balaban J connectivity index is 1.69. The molecule has 0 fully saturated rings. The summed E-state index contributed by atoms with van der Waals surface area (Å²) >= 11 is 2.76. The standard InChI is InChI=1S/C24H28N4O3S2/c1-6-7-12-27-21(30)19-14(2)15(3)33-20(19)26-23(27)32-13-18(29)28-17-11-9-8-10-16(17)25-22(31)24(28,4)5/h8-11H,6-7,12-13H2,1-5H3,(H,25,31). The molecule has 9 heteroatoms. The van der Waals surface area contributed by atoms with E-state index in [2.05, 4.69) is 12.2 Å². The number of unbranched alkanes of at least 4 members (excludes halogenated alkanes) is 1. The summed E-state index contributed by atoms with van der Waals surface area (Å²) < 4.78 is 1.70. The van der Waals surface area contributed by atoms with Gasteiger partial charge in [0.15, 0.2) is 5.16 Å². The van der Waals surface area contributed by atoms with E-state index in [1.54, 1.807) is 29.4 Å². The van der Waals surface area contributed by atoms with Gasteiger partial charge in [-0.2, -0.15) is 0 Å². The van der Waals surface area contributed by atoms with Gasteiger partial charge in [0.1, 0.15) is 10.4 Å². The lowest BCUT2D eigenvalue weighted by Crippen LogP contribution is -2.59. The molecule has 0 saturated heterocycles. The van der Waals surface area contributed by atoms with Crippen LogP contribution in [-0.2, 0) is 16.1 Å². The molecule has 0 radical (unpaired) electrons. The third-order valence-corrected chi connectivity index (χ3v) is 8.13. The van der Waals surface area contributed by atoms with E-state index in [9.17, 15) is 14.4 Å². The molecule has 0 bridgehead atoms. The molecular weight excluding hydrogens is 456 g/mol. The summed E-state index contributed by atoms with van der Waals surface area (Å²) in [5.41, 5.74) is 1.18. The number of fused-ring (bicyclic) bond motifs is 2. The Bertz CT molecular complexity index is 1310. The van der Waals surface area contributed by atoms with Crippen LogP contribution in [-0.4, -0.2) is 32.7 Å². The van der Waals surface area contributed by atoms with Crippen LogP contribution in [0.4, 0.5) is 11.4 Å². The number of aryl methyl sites for hydroxylation is 2. The second-order valence-electron chi connectivity index (χ2n) is 8.72. The molecule has 7 nitrogen and oxygen atoms in total. The van der Waals surface area contributed by atoms with Gasteiger partial charge in [-0.05, 0) is 51.8 Å². The van der Waals surface area contributed by atoms with Crippen LogP contribution in [0.1, 0.15) is 44.1 Å². The van der Waals surface area contributed by atoms with E-state index in [1.165, 1.54) is 23.1 Å². The van der Waals surface area contributed by atoms with Gasteiger partial charge in [0, 0.05) is 11.4 Å². The number of hydrogen-bond donors (Lipinski definition) is 1. The van der Waals surface area contributed by atoms with Gasteiger partial charge < -0.3 is 5.32 Å². The molecule has 0 spiro atoms. The number of rotatable bonds is 6. The maximum absolute atomic E-state index is 13.4. The van der Waals surface area contributed by atoms with Crippen LogP contribution in [0, 0.1) is 13.8 Å². The minimum absolute atomic E-state index is 0.0479. The van der Waals surface area contributed by atoms with Gasteiger partial charge in [-0.3, -0.25) is 23.9 Å². The molecule has 0 unspecified atom stereocenters. The molecule has 4 rings (SSSR count). The summed E-state index contributed by atoms with van der Waals surface area (Å²) in [7, 11) is 0. The second kappa shape index (κ2) is 8.95. The number of thiophene rings is 1. The van der Waals surface area contributed by atoms with Crippen molar-refractivity contribution in [2.75, 3.05) is 16.0 Å². The molecule has 1 aromatic carbocycles. The van der Waals surface area contributed by atoms with E-state index in [1.807, 2.05) is 32.0 Å². The lowest BCUT2D eigenvalue weighted by atomic mass is 9.96. The smallest absolute Gasteiger partial charge is 0.263 e. The van der Waals surface area contributed by atoms with E-state index in [0.29, 0.717) is 33.3 Å². The zero-order valence-electron chi connectivity index (χ0n) is 19.5. The quantitative estimate of drug-likeness (QED) is 0.404. The highest BCUT2D eigenvalue weighted by Gasteiger charge is 2.43. The first-order chi connectivity index (χ1) is 15.7. The predicted molar refractivity (Wildman–Crippen MR) is 136 cm³/mol. The summed E-state index contributed by atoms with van der Waals surface area (Å²) in [4.78, 5) is 47.6. The molecular formula is C24H28N4O3S2. The number of nitrogens with one attached hydrogen (secondary N) is 1. The van der Waals surface area contributed by atoms with Gasteiger partial charge in [-0.15, -0.1) is 11.3 Å². The summed E-state index contributed by atoms with van der Waals surface area (Å²) in [5.74, 6) is -0.371. The van der Waals surface area contributed by atoms with Crippen molar-refractivity contribution in [1.82, 2.24) is 9.55 Å². The fraction of sp³-hybridized carbons (Fsp3) is 0.417. The molecule has 33 heavy (non-hydrogen) atoms. The fourth-order valence-corrected chi connectivity index (χ4v) is 5.97. The van der Waals surface area contributed by atoms with Crippen molar-refractivity contribution in [2.45, 2.75) is 64.7 Å². The second-order valence-corrected chi connectivity index (χ2v) is 10.9. The number of nitrogens with zero attached hydrogens (tertiary/aromatic N) is 3. The molecule has 2 aromatic heterocycles. The normalized spacial score (nSPS) is 14.9. The van der Waals surface area contributed by atoms with Gasteiger partial charge >= 0.3 is 0 Å². The van der Waals surface area contributed by atoms with Crippen molar-refractivity contribution in [3.63, 3.8) is 0 Å². The first-order valence-corrected chi connectivity index (χ1v) is 12.8. The van der Waals surface area contributed by atoms with Crippen molar-refractivity contribution in [3.05, 3.63) is 45.1 Å². The van der Waals surface area contributed by atoms with E-state index in [0.717, 1.165) is 23.3 Å². The maximum Gasteiger partial charge on any atom is 0.263 e. The van der Waals surface area contributed by atoms with Crippen LogP contribution in [0.3, 0.4) is 0 Å². The van der Waals surface area contributed by atoms with E-state index >= 15 is 0 Å². The lowest BCUT2D eigenvalue weighted by molar-refractivity contribution is -0.125. The Hall–Kier alpha value is -2.65. The monoisotopic (exact) mass is 484 g/mol. The third kappa shape index (κ3) is 4.08. The first kappa shape index (κ1) is 23.5. The molecule has 174 valence electrons. The highest BCUT2D eigenvalue weighted by atomic mass is 32.2. The third-order valence-electron chi connectivity index (χ3n) is 6.07. The molecule has 3 heterocycles. The van der Waals surface area contributed by atoms with E-state index < -0.39 is 5.54 Å². The Morgan fingerprint density at radius 3 is 2.67 bits per heavy atom. The van der Waals surface area contributed by atoms with Crippen LogP contribution < -0.4 is 15.8 Å². The number of hydrogen-bond acceptors (Lipinski definition) is 6. The summed E-state index contributed by atoms with van der Waals surface area (Å²) in [5, 5.41) is 4.10. The average molecular weight is 485 g/mol. The van der Waals surface area contributed by atoms with Gasteiger partial charge in [-0.1, -0.05) is 37.2 Å². The number of thioether (sulfide) groups is 1. The first-order valence-electron chi connectivity index (χ1n) is 11.0. The summed E-state index contributed by atoms with van der Waals surface area (Å²) in [6.07, 6.45) is 1.80. The molecule has 3 aromatic rings. The van der Waals surface area contributed by atoms with Gasteiger partial charge in [-0.25, -0.2) is 4.98 Å². The van der Waals surface area contributed by atoms with Crippen LogP contribution >= 0.6 is 23.1 Å². The number of carbonyl (C=O) groups excluding carboxylic acids is 2. The predicted octanol–water partition coefficient (Wildman–Crippen LogP) is 4.73. The minimum atomic E-state index is -1.03. The SMILES string of the molecule is CCCCn1c(SCC(=O)N2c3ccccc3NC(=O)C2(C)C)nc2sc(C)c(C)c2c1=O. The topological polar surface area (TPSA) is 84.3 Å². The van der Waals surface area contributed by atoms with Crippen LogP contribution in [0.15, 0.2) is 34.2 Å². The Kier molecular flexibility index (Phi) is 6.37. The molecule has 1 N–H and O–H groups in total. The van der Waals surface area contributed by atoms with Crippen LogP contribution in [0.5, 0.6) is 0 Å². The van der Waals surface area contributed by atoms with Gasteiger partial charge in [0.25, 0.3) is 5.56 Å². The maximum atomic E-state index is 13.4. The lowest BCUT2D eigenvalue weighted by Gasteiger charge is -2.42. The molecule has 0 saturated carbocycles. The zero-order valence-corrected chi connectivity index (χ0v) is 21.2. The Morgan fingerprint density at radius 2 is 1.94 bits per heavy atom. The summed E-state index contributed by atoms with van der Waals surface area (Å²) in [6, 6.07) is 7.29. The fourth-order valence-electron chi connectivity index (χ4n) is 4.02. The van der Waals surface area contributed by atoms with E-state index in [4.69, 9.17) is 4.98 Å². The average Bonchev–Trinajstić information content (AvgIpc) is 3.05. The zero-order chi connectivity index (χ0) is 23.9. The van der Waals surface area contributed by atoms with Crippen molar-refractivity contribution < 1.29 is 9.59 Å². The highest BCUT2D eigenvalue weighted by Crippen LogP contribution is 2.37. The van der Waals surface area contributed by atoms with Crippen molar-refractivity contribution >= 4 is 56.5 Å². The Morgan fingerprint density at radius 1 is 1.21 bits per heavy atom.